The second-order valence-electron chi connectivity index (χ2n) is 6.33. The summed E-state index contributed by atoms with van der Waals surface area (Å²) in [4.78, 5) is 0. The lowest BCUT2D eigenvalue weighted by atomic mass is 9.89. The maximum absolute atomic E-state index is 9.76. The number of hydrogen-bond donors (Lipinski definition) is 2. The highest BCUT2D eigenvalue weighted by molar-refractivity contribution is 5.47. The first-order valence-corrected chi connectivity index (χ1v) is 8.62. The normalized spacial score (nSPS) is 16.2. The number of nitrogens with one attached hydrogen (secondary N) is 1. The molecule has 3 nitrogen and oxygen atoms in total. The smallest absolute Gasteiger partial charge is 0.124 e. The molecule has 126 valence electrons. The zero-order chi connectivity index (χ0) is 17.1. The van der Waals surface area contributed by atoms with Crippen LogP contribution in [0.2, 0.25) is 0 Å². The first kappa shape index (κ1) is 15.7. The van der Waals surface area contributed by atoms with Gasteiger partial charge in [0.2, 0.25) is 0 Å². The van der Waals surface area contributed by atoms with Gasteiger partial charge in [0.05, 0.1) is 6.04 Å². The van der Waals surface area contributed by atoms with Crippen LogP contribution < -0.4 is 10.1 Å². The van der Waals surface area contributed by atoms with Gasteiger partial charge in [0, 0.05) is 12.1 Å². The molecule has 0 aromatic heterocycles. The molecule has 2 N–H and O–H groups in total. The third kappa shape index (κ3) is 3.37. The summed E-state index contributed by atoms with van der Waals surface area (Å²) >= 11 is 0. The van der Waals surface area contributed by atoms with Crippen LogP contribution in [0.25, 0.3) is 0 Å². The predicted octanol–water partition coefficient (Wildman–Crippen LogP) is 4.21. The van der Waals surface area contributed by atoms with E-state index in [2.05, 4.69) is 23.5 Å². The van der Waals surface area contributed by atoms with Crippen LogP contribution in [0.1, 0.15) is 28.3 Å². The minimum absolute atomic E-state index is 0.0799. The van der Waals surface area contributed by atoms with Crippen molar-refractivity contribution in [3.8, 4) is 11.5 Å². The molecule has 4 rings (SSSR count). The van der Waals surface area contributed by atoms with Crippen molar-refractivity contribution in [2.45, 2.75) is 19.1 Å². The number of benzene rings is 3. The fourth-order valence-electron chi connectivity index (χ4n) is 3.41. The minimum atomic E-state index is 0.0799. The van der Waals surface area contributed by atoms with Crippen LogP contribution in [-0.4, -0.2) is 11.7 Å². The number of fused-ring (bicyclic) bond motifs is 1. The van der Waals surface area contributed by atoms with E-state index in [1.54, 1.807) is 6.07 Å². The predicted molar refractivity (Wildman–Crippen MR) is 98.9 cm³/mol. The first-order valence-electron chi connectivity index (χ1n) is 8.62. The van der Waals surface area contributed by atoms with Crippen molar-refractivity contribution in [3.05, 3.63) is 95.1 Å². The molecule has 3 aromatic carbocycles. The Bertz CT molecular complexity index is 861. The number of aromatic hydroxyl groups is 1. The van der Waals surface area contributed by atoms with Crippen molar-refractivity contribution in [1.82, 2.24) is 5.32 Å². The van der Waals surface area contributed by atoms with Gasteiger partial charge in [-0.2, -0.15) is 0 Å². The van der Waals surface area contributed by atoms with Gasteiger partial charge in [-0.15, -0.1) is 0 Å². The van der Waals surface area contributed by atoms with Gasteiger partial charge in [0.25, 0.3) is 0 Å². The Balaban J connectivity index is 1.64. The van der Waals surface area contributed by atoms with E-state index < -0.39 is 0 Å². The summed E-state index contributed by atoms with van der Waals surface area (Å²) in [6.45, 7) is 1.43. The maximum Gasteiger partial charge on any atom is 0.124 e. The standard InChI is InChI=1S/C22H21NO2/c24-18-10-11-19-17(14-18)12-13-23-22(19)20-8-4-5-9-21(20)25-15-16-6-2-1-3-7-16/h1-11,14,22-24H,12-13,15H2. The number of ether oxygens (including phenoxy) is 1. The molecule has 1 unspecified atom stereocenters. The van der Waals surface area contributed by atoms with Crippen molar-refractivity contribution >= 4 is 0 Å². The summed E-state index contributed by atoms with van der Waals surface area (Å²) in [5.41, 5.74) is 4.69. The Morgan fingerprint density at radius 3 is 2.60 bits per heavy atom. The van der Waals surface area contributed by atoms with Gasteiger partial charge >= 0.3 is 0 Å². The molecule has 0 saturated carbocycles. The lowest BCUT2D eigenvalue weighted by molar-refractivity contribution is 0.300. The van der Waals surface area contributed by atoms with Crippen LogP contribution in [-0.2, 0) is 13.0 Å². The molecule has 1 heterocycles. The van der Waals surface area contributed by atoms with Gasteiger partial charge in [-0.1, -0.05) is 54.6 Å². The molecule has 3 heteroatoms. The lowest BCUT2D eigenvalue weighted by Crippen LogP contribution is -2.30. The van der Waals surface area contributed by atoms with Crippen molar-refractivity contribution in [2.75, 3.05) is 6.54 Å². The van der Waals surface area contributed by atoms with E-state index in [9.17, 15) is 5.11 Å². The molecule has 1 aliphatic heterocycles. The van der Waals surface area contributed by atoms with Crippen LogP contribution in [0.3, 0.4) is 0 Å². The van der Waals surface area contributed by atoms with E-state index in [4.69, 9.17) is 4.74 Å². The van der Waals surface area contributed by atoms with Gasteiger partial charge in [0.15, 0.2) is 0 Å². The molecule has 0 fully saturated rings. The quantitative estimate of drug-likeness (QED) is 0.752. The molecule has 3 aromatic rings. The second kappa shape index (κ2) is 6.99. The summed E-state index contributed by atoms with van der Waals surface area (Å²) in [6, 6.07) is 24.1. The van der Waals surface area contributed by atoms with Gasteiger partial charge < -0.3 is 15.2 Å². The van der Waals surface area contributed by atoms with Gasteiger partial charge in [-0.05, 0) is 41.3 Å². The van der Waals surface area contributed by atoms with Crippen LogP contribution in [0.5, 0.6) is 11.5 Å². The average Bonchev–Trinajstić information content (AvgIpc) is 2.67. The number of hydrogen-bond acceptors (Lipinski definition) is 3. The van der Waals surface area contributed by atoms with E-state index in [1.807, 2.05) is 48.5 Å². The number of rotatable bonds is 4. The Morgan fingerprint density at radius 1 is 0.920 bits per heavy atom. The fourth-order valence-corrected chi connectivity index (χ4v) is 3.41. The van der Waals surface area contributed by atoms with E-state index in [-0.39, 0.29) is 6.04 Å². The largest absolute Gasteiger partial charge is 0.508 e. The first-order chi connectivity index (χ1) is 12.3. The van der Waals surface area contributed by atoms with E-state index >= 15 is 0 Å². The van der Waals surface area contributed by atoms with E-state index in [1.165, 1.54) is 11.1 Å². The Hall–Kier alpha value is -2.78. The minimum Gasteiger partial charge on any atom is -0.508 e. The van der Waals surface area contributed by atoms with Gasteiger partial charge in [-0.25, -0.2) is 0 Å². The monoisotopic (exact) mass is 331 g/mol. The van der Waals surface area contributed by atoms with Crippen molar-refractivity contribution < 1.29 is 9.84 Å². The molecule has 0 amide bonds. The zero-order valence-electron chi connectivity index (χ0n) is 14.0. The maximum atomic E-state index is 9.76. The summed E-state index contributed by atoms with van der Waals surface area (Å²) in [7, 11) is 0. The lowest BCUT2D eigenvalue weighted by Gasteiger charge is -2.28. The highest BCUT2D eigenvalue weighted by atomic mass is 16.5. The molecule has 0 saturated heterocycles. The summed E-state index contributed by atoms with van der Waals surface area (Å²) in [5.74, 6) is 1.22. The Kier molecular flexibility index (Phi) is 4.40. The number of para-hydroxylation sites is 1. The Labute approximate surface area is 147 Å². The molecule has 1 aliphatic rings. The number of phenolic OH excluding ortho intramolecular Hbond substituents is 1. The van der Waals surface area contributed by atoms with Gasteiger partial charge in [0.1, 0.15) is 18.1 Å². The third-order valence-electron chi connectivity index (χ3n) is 4.65. The van der Waals surface area contributed by atoms with E-state index in [0.29, 0.717) is 12.4 Å². The second-order valence-corrected chi connectivity index (χ2v) is 6.33. The van der Waals surface area contributed by atoms with Crippen molar-refractivity contribution in [2.24, 2.45) is 0 Å². The fraction of sp³-hybridized carbons (Fsp3) is 0.182. The van der Waals surface area contributed by atoms with Crippen LogP contribution in [0.4, 0.5) is 0 Å². The summed E-state index contributed by atoms with van der Waals surface area (Å²) in [5, 5.41) is 13.4. The molecule has 0 bridgehead atoms. The molecular formula is C22H21NO2. The topological polar surface area (TPSA) is 41.5 Å². The molecular weight excluding hydrogens is 310 g/mol. The van der Waals surface area contributed by atoms with Crippen molar-refractivity contribution in [1.29, 1.82) is 0 Å². The van der Waals surface area contributed by atoms with Crippen LogP contribution in [0.15, 0.2) is 72.8 Å². The van der Waals surface area contributed by atoms with Crippen LogP contribution in [0, 0.1) is 0 Å². The molecule has 1 atom stereocenters. The number of phenols is 1. The third-order valence-corrected chi connectivity index (χ3v) is 4.65. The molecule has 0 radical (unpaired) electrons. The zero-order valence-corrected chi connectivity index (χ0v) is 14.0. The molecule has 0 spiro atoms. The van der Waals surface area contributed by atoms with Crippen molar-refractivity contribution in [3.63, 3.8) is 0 Å². The molecule has 0 aliphatic carbocycles. The average molecular weight is 331 g/mol. The SMILES string of the molecule is Oc1ccc2c(c1)CCNC2c1ccccc1OCc1ccccc1. The molecule has 25 heavy (non-hydrogen) atoms. The highest BCUT2D eigenvalue weighted by Gasteiger charge is 2.24. The van der Waals surface area contributed by atoms with Gasteiger partial charge in [-0.3, -0.25) is 0 Å². The van der Waals surface area contributed by atoms with E-state index in [0.717, 1.165) is 29.8 Å². The summed E-state index contributed by atoms with van der Waals surface area (Å²) < 4.78 is 6.13. The summed E-state index contributed by atoms with van der Waals surface area (Å²) in [6.07, 6.45) is 0.924. The van der Waals surface area contributed by atoms with Crippen LogP contribution >= 0.6 is 0 Å². The Morgan fingerprint density at radius 2 is 1.72 bits per heavy atom. The highest BCUT2D eigenvalue weighted by Crippen LogP contribution is 2.35.